The minimum atomic E-state index is 0.551. The van der Waals surface area contributed by atoms with Gasteiger partial charge in [0.05, 0.1) is 0 Å². The largest absolute Gasteiger partial charge is 0.241 e. The lowest BCUT2D eigenvalue weighted by Gasteiger charge is -2.28. The van der Waals surface area contributed by atoms with Crippen molar-refractivity contribution in [2.24, 2.45) is 0 Å². The molecule has 0 atom stereocenters. The van der Waals surface area contributed by atoms with Gasteiger partial charge in [-0.15, -0.1) is 0 Å². The van der Waals surface area contributed by atoms with Gasteiger partial charge in [0, 0.05) is 18.3 Å². The number of rotatable bonds is 8. The molecule has 2 nitrogen and oxygen atoms in total. The minimum Gasteiger partial charge on any atom is -0.241 e. The first kappa shape index (κ1) is 19.1. The molecule has 1 aliphatic rings. The summed E-state index contributed by atoms with van der Waals surface area (Å²) >= 11 is 0. The molecule has 140 valence electrons. The lowest BCUT2D eigenvalue weighted by atomic mass is 9.78. The van der Waals surface area contributed by atoms with E-state index in [9.17, 15) is 0 Å². The number of aromatic nitrogens is 2. The Morgan fingerprint density at radius 3 is 1.85 bits per heavy atom. The highest BCUT2D eigenvalue weighted by Gasteiger charge is 2.25. The minimum absolute atomic E-state index is 0.551. The molecule has 1 fully saturated rings. The number of aryl methyl sites for hydroxylation is 2. The van der Waals surface area contributed by atoms with Crippen molar-refractivity contribution in [3.63, 3.8) is 0 Å². The Balaban J connectivity index is 1.52. The van der Waals surface area contributed by atoms with Crippen LogP contribution in [0.15, 0.2) is 36.7 Å². The van der Waals surface area contributed by atoms with Crippen LogP contribution in [0.5, 0.6) is 0 Å². The Kier molecular flexibility index (Phi) is 7.22. The molecule has 0 radical (unpaired) electrons. The van der Waals surface area contributed by atoms with Crippen molar-refractivity contribution in [2.75, 3.05) is 0 Å². The monoisotopic (exact) mass is 350 g/mol. The van der Waals surface area contributed by atoms with E-state index in [4.69, 9.17) is 0 Å². The van der Waals surface area contributed by atoms with Crippen molar-refractivity contribution in [2.45, 2.75) is 89.9 Å². The molecule has 3 rings (SSSR count). The molecule has 1 aromatic carbocycles. The third-order valence-corrected chi connectivity index (χ3v) is 5.91. The van der Waals surface area contributed by atoms with E-state index < -0.39 is 0 Å². The summed E-state index contributed by atoms with van der Waals surface area (Å²) in [5, 5.41) is 0. The van der Waals surface area contributed by atoms with Gasteiger partial charge >= 0.3 is 0 Å². The van der Waals surface area contributed by atoms with Gasteiger partial charge < -0.3 is 0 Å². The standard InChI is InChI=1S/C24H34N2/c1-3-5-7-19-9-11-21(12-10-19)22-13-15-23(16-14-22)24-25-17-20(18-26-24)8-6-4-2/h9-12,17-18,22-23H,3-8,13-16H2,1-2H3. The lowest BCUT2D eigenvalue weighted by Crippen LogP contribution is -2.14. The van der Waals surface area contributed by atoms with Crippen LogP contribution in [0.3, 0.4) is 0 Å². The van der Waals surface area contributed by atoms with Crippen LogP contribution in [-0.4, -0.2) is 9.97 Å². The predicted octanol–water partition coefficient (Wildman–Crippen LogP) is 6.60. The fraction of sp³-hybridized carbons (Fsp3) is 0.583. The average Bonchev–Trinajstić information content (AvgIpc) is 2.72. The van der Waals surface area contributed by atoms with Gasteiger partial charge in [0.2, 0.25) is 0 Å². The second kappa shape index (κ2) is 9.85. The highest BCUT2D eigenvalue weighted by Crippen LogP contribution is 2.39. The van der Waals surface area contributed by atoms with Crippen molar-refractivity contribution in [1.29, 1.82) is 0 Å². The molecule has 0 unspecified atom stereocenters. The van der Waals surface area contributed by atoms with E-state index in [0.29, 0.717) is 5.92 Å². The number of unbranched alkanes of at least 4 members (excludes halogenated alkanes) is 2. The van der Waals surface area contributed by atoms with Gasteiger partial charge in [-0.05, 0) is 74.0 Å². The lowest BCUT2D eigenvalue weighted by molar-refractivity contribution is 0.385. The maximum Gasteiger partial charge on any atom is 0.131 e. The first-order valence-electron chi connectivity index (χ1n) is 10.7. The zero-order valence-corrected chi connectivity index (χ0v) is 16.6. The topological polar surface area (TPSA) is 25.8 Å². The molecular formula is C24H34N2. The van der Waals surface area contributed by atoms with Crippen molar-refractivity contribution >= 4 is 0 Å². The van der Waals surface area contributed by atoms with Crippen molar-refractivity contribution in [3.8, 4) is 0 Å². The molecule has 0 bridgehead atoms. The molecule has 1 aliphatic carbocycles. The number of hydrogen-bond donors (Lipinski definition) is 0. The summed E-state index contributed by atoms with van der Waals surface area (Å²) in [5.74, 6) is 2.34. The van der Waals surface area contributed by atoms with Gasteiger partial charge in [-0.3, -0.25) is 0 Å². The van der Waals surface area contributed by atoms with E-state index in [1.54, 1.807) is 0 Å². The van der Waals surface area contributed by atoms with Gasteiger partial charge in [0.25, 0.3) is 0 Å². The molecule has 1 aromatic heterocycles. The third-order valence-electron chi connectivity index (χ3n) is 5.91. The molecule has 2 heteroatoms. The Labute approximate surface area is 159 Å². The van der Waals surface area contributed by atoms with Crippen LogP contribution in [0, 0.1) is 0 Å². The van der Waals surface area contributed by atoms with Gasteiger partial charge in [0.15, 0.2) is 0 Å². The van der Waals surface area contributed by atoms with Gasteiger partial charge in [-0.2, -0.15) is 0 Å². The molecule has 0 aliphatic heterocycles. The fourth-order valence-corrected chi connectivity index (χ4v) is 4.11. The Morgan fingerprint density at radius 1 is 0.731 bits per heavy atom. The Morgan fingerprint density at radius 2 is 1.27 bits per heavy atom. The van der Waals surface area contributed by atoms with E-state index in [-0.39, 0.29) is 0 Å². The van der Waals surface area contributed by atoms with E-state index in [1.807, 2.05) is 0 Å². The average molecular weight is 351 g/mol. The van der Waals surface area contributed by atoms with Crippen LogP contribution in [0.2, 0.25) is 0 Å². The Hall–Kier alpha value is -1.70. The van der Waals surface area contributed by atoms with E-state index in [1.165, 1.54) is 74.5 Å². The summed E-state index contributed by atoms with van der Waals surface area (Å²) in [6, 6.07) is 9.43. The second-order valence-electron chi connectivity index (χ2n) is 7.95. The summed E-state index contributed by atoms with van der Waals surface area (Å²) in [6.07, 6.45) is 16.4. The summed E-state index contributed by atoms with van der Waals surface area (Å²) < 4.78 is 0. The van der Waals surface area contributed by atoms with Crippen LogP contribution in [0.4, 0.5) is 0 Å². The second-order valence-corrected chi connectivity index (χ2v) is 7.95. The van der Waals surface area contributed by atoms with E-state index in [2.05, 4.69) is 60.5 Å². The maximum atomic E-state index is 4.68. The highest BCUT2D eigenvalue weighted by atomic mass is 14.9. The van der Waals surface area contributed by atoms with Crippen LogP contribution < -0.4 is 0 Å². The predicted molar refractivity (Wildman–Crippen MR) is 110 cm³/mol. The van der Waals surface area contributed by atoms with Crippen LogP contribution in [0.25, 0.3) is 0 Å². The number of benzene rings is 1. The Bertz CT molecular complexity index is 577. The highest BCUT2D eigenvalue weighted by molar-refractivity contribution is 5.26. The zero-order valence-electron chi connectivity index (χ0n) is 16.6. The number of nitrogens with zero attached hydrogens (tertiary/aromatic N) is 2. The molecule has 0 spiro atoms. The summed E-state index contributed by atoms with van der Waals surface area (Å²) in [6.45, 7) is 4.49. The van der Waals surface area contributed by atoms with Crippen LogP contribution >= 0.6 is 0 Å². The molecular weight excluding hydrogens is 316 g/mol. The van der Waals surface area contributed by atoms with Crippen molar-refractivity contribution < 1.29 is 0 Å². The normalized spacial score (nSPS) is 20.2. The summed E-state index contributed by atoms with van der Waals surface area (Å²) in [5.41, 5.74) is 4.30. The van der Waals surface area contributed by atoms with Crippen molar-refractivity contribution in [1.82, 2.24) is 9.97 Å². The van der Waals surface area contributed by atoms with E-state index in [0.717, 1.165) is 18.2 Å². The van der Waals surface area contributed by atoms with Crippen molar-refractivity contribution in [3.05, 3.63) is 59.2 Å². The molecule has 1 heterocycles. The third kappa shape index (κ3) is 5.16. The van der Waals surface area contributed by atoms with Gasteiger partial charge in [-0.25, -0.2) is 9.97 Å². The molecule has 2 aromatic rings. The van der Waals surface area contributed by atoms with Crippen LogP contribution in [-0.2, 0) is 12.8 Å². The first-order chi connectivity index (χ1) is 12.8. The van der Waals surface area contributed by atoms with E-state index >= 15 is 0 Å². The number of hydrogen-bond acceptors (Lipinski definition) is 2. The fourth-order valence-electron chi connectivity index (χ4n) is 4.11. The van der Waals surface area contributed by atoms with Crippen LogP contribution in [0.1, 0.15) is 99.6 Å². The molecule has 26 heavy (non-hydrogen) atoms. The molecule has 1 saturated carbocycles. The quantitative estimate of drug-likeness (QED) is 0.536. The smallest absolute Gasteiger partial charge is 0.131 e. The first-order valence-corrected chi connectivity index (χ1v) is 10.7. The zero-order chi connectivity index (χ0) is 18.2. The molecule has 0 saturated heterocycles. The SMILES string of the molecule is CCCCc1ccc(C2CCC(c3ncc(CCCC)cn3)CC2)cc1. The summed E-state index contributed by atoms with van der Waals surface area (Å²) in [4.78, 5) is 9.36. The maximum absolute atomic E-state index is 4.68. The molecule has 0 amide bonds. The molecule has 0 N–H and O–H groups in total. The van der Waals surface area contributed by atoms with Gasteiger partial charge in [0.1, 0.15) is 5.82 Å². The summed E-state index contributed by atoms with van der Waals surface area (Å²) in [7, 11) is 0. The van der Waals surface area contributed by atoms with Gasteiger partial charge in [-0.1, -0.05) is 51.0 Å².